The van der Waals surface area contributed by atoms with Gasteiger partial charge in [0.1, 0.15) is 23.4 Å². The van der Waals surface area contributed by atoms with Crippen molar-refractivity contribution in [1.29, 1.82) is 5.26 Å². The molecule has 3 N–H and O–H groups in total. The van der Waals surface area contributed by atoms with Crippen LogP contribution in [0.2, 0.25) is 0 Å². The third-order valence-corrected chi connectivity index (χ3v) is 6.28. The summed E-state index contributed by atoms with van der Waals surface area (Å²) in [7, 11) is 0. The molecule has 2 fully saturated rings. The topological polar surface area (TPSA) is 111 Å². The fraction of sp³-hybridized carbons (Fsp3) is 0.520. The average molecular weight is 473 g/mol. The molecule has 3 amide bonds. The van der Waals surface area contributed by atoms with E-state index in [2.05, 4.69) is 16.0 Å². The number of aryl methyl sites for hydroxylation is 1. The monoisotopic (exact) mass is 472 g/mol. The van der Waals surface area contributed by atoms with Crippen molar-refractivity contribution in [2.24, 2.45) is 11.8 Å². The molecule has 0 unspecified atom stereocenters. The smallest absolute Gasteiger partial charge is 0.268 e. The fourth-order valence-electron chi connectivity index (χ4n) is 4.47. The first kappa shape index (κ1) is 25.3. The number of nitriles is 1. The van der Waals surface area contributed by atoms with Gasteiger partial charge in [0.05, 0.1) is 6.07 Å². The van der Waals surface area contributed by atoms with Gasteiger partial charge in [-0.25, -0.2) is 8.78 Å². The van der Waals surface area contributed by atoms with Gasteiger partial charge in [0, 0.05) is 24.9 Å². The second-order valence-electron chi connectivity index (χ2n) is 8.97. The van der Waals surface area contributed by atoms with Crippen molar-refractivity contribution >= 4 is 17.7 Å². The summed E-state index contributed by atoms with van der Waals surface area (Å²) >= 11 is 0. The van der Waals surface area contributed by atoms with Crippen molar-refractivity contribution in [1.82, 2.24) is 16.0 Å². The lowest BCUT2D eigenvalue weighted by Crippen LogP contribution is -2.41. The highest BCUT2D eigenvalue weighted by atomic mass is 19.1. The van der Waals surface area contributed by atoms with E-state index in [-0.39, 0.29) is 42.7 Å². The van der Waals surface area contributed by atoms with E-state index in [4.69, 9.17) is 0 Å². The van der Waals surface area contributed by atoms with Crippen LogP contribution in [0.15, 0.2) is 30.0 Å². The normalized spacial score (nSPS) is 19.7. The first-order valence-corrected chi connectivity index (χ1v) is 11.8. The lowest BCUT2D eigenvalue weighted by Gasteiger charge is -2.21. The van der Waals surface area contributed by atoms with E-state index in [1.165, 1.54) is 12.1 Å². The second-order valence-corrected chi connectivity index (χ2v) is 8.97. The molecule has 0 aromatic heterocycles. The predicted molar refractivity (Wildman–Crippen MR) is 121 cm³/mol. The van der Waals surface area contributed by atoms with Crippen LogP contribution in [0.25, 0.3) is 0 Å². The van der Waals surface area contributed by atoms with Crippen LogP contribution in [0.1, 0.15) is 56.9 Å². The van der Waals surface area contributed by atoms with Crippen molar-refractivity contribution in [3.8, 4) is 6.07 Å². The van der Waals surface area contributed by atoms with Crippen molar-refractivity contribution in [2.75, 3.05) is 6.54 Å². The van der Waals surface area contributed by atoms with Crippen molar-refractivity contribution in [3.05, 3.63) is 47.2 Å². The van der Waals surface area contributed by atoms with Gasteiger partial charge in [-0.2, -0.15) is 5.26 Å². The molecule has 1 heterocycles. The molecule has 1 aromatic carbocycles. The Kier molecular flexibility index (Phi) is 9.14. The van der Waals surface area contributed by atoms with Crippen LogP contribution in [0.5, 0.6) is 0 Å². The van der Waals surface area contributed by atoms with Crippen LogP contribution < -0.4 is 16.0 Å². The molecule has 7 nitrogen and oxygen atoms in total. The summed E-state index contributed by atoms with van der Waals surface area (Å²) in [6.45, 7) is 0.549. The van der Waals surface area contributed by atoms with Gasteiger partial charge in [0.2, 0.25) is 11.8 Å². The van der Waals surface area contributed by atoms with E-state index in [1.54, 1.807) is 6.08 Å². The SMILES string of the molecule is N#C[C@H](C[C@@H]1CCNC1=O)NC(=O)C(=CC1CCCCC1)NC(=O)CCc1cc(F)cc(F)c1. The molecule has 0 spiro atoms. The first-order valence-electron chi connectivity index (χ1n) is 11.8. The zero-order valence-electron chi connectivity index (χ0n) is 19.0. The third kappa shape index (κ3) is 7.65. The number of halogens is 2. The van der Waals surface area contributed by atoms with Crippen molar-refractivity contribution < 1.29 is 23.2 Å². The maximum Gasteiger partial charge on any atom is 0.268 e. The summed E-state index contributed by atoms with van der Waals surface area (Å²) in [5.41, 5.74) is 0.410. The van der Waals surface area contributed by atoms with Crippen LogP contribution in [0.3, 0.4) is 0 Å². The summed E-state index contributed by atoms with van der Waals surface area (Å²) in [5.74, 6) is -2.82. The average Bonchev–Trinajstić information content (AvgIpc) is 3.21. The molecule has 182 valence electrons. The Hall–Kier alpha value is -3.28. The summed E-state index contributed by atoms with van der Waals surface area (Å²) < 4.78 is 26.8. The molecule has 2 aliphatic rings. The molecule has 2 atom stereocenters. The Bertz CT molecular complexity index is 963. The number of rotatable bonds is 9. The molecule has 1 aromatic rings. The molecule has 3 rings (SSSR count). The highest BCUT2D eigenvalue weighted by molar-refractivity contribution is 5.97. The maximum atomic E-state index is 13.4. The standard InChI is InChI=1S/C25H30F2N4O3/c26-19-10-17(11-20(27)14-19)6-7-23(32)31-22(12-16-4-2-1-3-5-16)25(34)30-21(15-28)13-18-8-9-29-24(18)33/h10-12,14,16,18,21H,1-9,13H2,(H,29,33)(H,30,34)(H,31,32)/t18-,21-/m0/s1. The predicted octanol–water partition coefficient (Wildman–Crippen LogP) is 3.01. The van der Waals surface area contributed by atoms with Gasteiger partial charge in [0.15, 0.2) is 0 Å². The minimum atomic E-state index is -0.872. The van der Waals surface area contributed by atoms with Gasteiger partial charge in [-0.05, 0) is 55.7 Å². The summed E-state index contributed by atoms with van der Waals surface area (Å²) in [4.78, 5) is 37.4. The molecule has 0 bridgehead atoms. The first-order chi connectivity index (χ1) is 16.3. The summed E-state index contributed by atoms with van der Waals surface area (Å²) in [6, 6.07) is 4.25. The zero-order valence-corrected chi connectivity index (χ0v) is 19.0. The third-order valence-electron chi connectivity index (χ3n) is 6.28. The Morgan fingerprint density at radius 1 is 1.15 bits per heavy atom. The van der Waals surface area contributed by atoms with Crippen LogP contribution >= 0.6 is 0 Å². The number of hydrogen-bond donors (Lipinski definition) is 3. The number of carbonyl (C=O) groups excluding carboxylic acids is 3. The minimum Gasteiger partial charge on any atom is -0.356 e. The van der Waals surface area contributed by atoms with E-state index in [0.717, 1.165) is 38.2 Å². The number of hydrogen-bond acceptors (Lipinski definition) is 4. The van der Waals surface area contributed by atoms with Gasteiger partial charge in [-0.15, -0.1) is 0 Å². The maximum absolute atomic E-state index is 13.4. The molecule has 1 aliphatic carbocycles. The van der Waals surface area contributed by atoms with Crippen LogP contribution in [0, 0.1) is 34.8 Å². The number of allylic oxidation sites excluding steroid dienone is 1. The van der Waals surface area contributed by atoms with Crippen LogP contribution in [-0.2, 0) is 20.8 Å². The number of amides is 3. The van der Waals surface area contributed by atoms with Gasteiger partial charge in [0.25, 0.3) is 5.91 Å². The summed E-state index contributed by atoms with van der Waals surface area (Å²) in [6.07, 6.45) is 7.59. The number of nitrogens with one attached hydrogen (secondary N) is 3. The minimum absolute atomic E-state index is 0.0674. The van der Waals surface area contributed by atoms with Gasteiger partial charge in [-0.1, -0.05) is 25.3 Å². The van der Waals surface area contributed by atoms with E-state index in [9.17, 15) is 28.4 Å². The van der Waals surface area contributed by atoms with Gasteiger partial charge >= 0.3 is 0 Å². The second kappa shape index (κ2) is 12.3. The molecule has 1 saturated heterocycles. The molecular formula is C25H30F2N4O3. The lowest BCUT2D eigenvalue weighted by atomic mass is 9.88. The van der Waals surface area contributed by atoms with Crippen molar-refractivity contribution in [2.45, 2.75) is 63.8 Å². The molecule has 9 heteroatoms. The Morgan fingerprint density at radius 3 is 2.47 bits per heavy atom. The molecule has 0 radical (unpaired) electrons. The molecular weight excluding hydrogens is 442 g/mol. The van der Waals surface area contributed by atoms with Gasteiger partial charge < -0.3 is 16.0 Å². The Morgan fingerprint density at radius 2 is 1.85 bits per heavy atom. The number of nitrogens with zero attached hydrogens (tertiary/aromatic N) is 1. The summed E-state index contributed by atoms with van der Waals surface area (Å²) in [5, 5.41) is 17.5. The molecule has 1 saturated carbocycles. The molecule has 34 heavy (non-hydrogen) atoms. The van der Waals surface area contributed by atoms with Crippen molar-refractivity contribution in [3.63, 3.8) is 0 Å². The van der Waals surface area contributed by atoms with Crippen LogP contribution in [-0.4, -0.2) is 30.3 Å². The highest BCUT2D eigenvalue weighted by Gasteiger charge is 2.29. The van der Waals surface area contributed by atoms with Gasteiger partial charge in [-0.3, -0.25) is 14.4 Å². The largest absolute Gasteiger partial charge is 0.356 e. The highest BCUT2D eigenvalue weighted by Crippen LogP contribution is 2.25. The molecule has 1 aliphatic heterocycles. The van der Waals surface area contributed by atoms with E-state index < -0.39 is 29.5 Å². The lowest BCUT2D eigenvalue weighted by molar-refractivity contribution is -0.124. The van der Waals surface area contributed by atoms with E-state index in [0.29, 0.717) is 18.5 Å². The number of benzene rings is 1. The Balaban J connectivity index is 1.65. The Labute approximate surface area is 198 Å². The fourth-order valence-corrected chi connectivity index (χ4v) is 4.47. The quantitative estimate of drug-likeness (QED) is 0.480. The zero-order chi connectivity index (χ0) is 24.5. The van der Waals surface area contributed by atoms with E-state index in [1.807, 2.05) is 6.07 Å². The van der Waals surface area contributed by atoms with E-state index >= 15 is 0 Å². The van der Waals surface area contributed by atoms with Crippen LogP contribution in [0.4, 0.5) is 8.78 Å². The number of carbonyl (C=O) groups is 3.